The molecule has 4 nitrogen and oxygen atoms in total. The summed E-state index contributed by atoms with van der Waals surface area (Å²) in [6.07, 6.45) is 3.38. The molecule has 3 aromatic carbocycles. The molecule has 0 fully saturated rings. The van der Waals surface area contributed by atoms with Crippen molar-refractivity contribution in [3.05, 3.63) is 112 Å². The number of nitrogens with one attached hydrogen (secondary N) is 2. The van der Waals surface area contributed by atoms with Crippen LogP contribution in [0, 0.1) is 6.92 Å². The van der Waals surface area contributed by atoms with Gasteiger partial charge in [0.2, 0.25) is 0 Å². The molecule has 0 aliphatic carbocycles. The standard InChI is InChI=1S/C28H26N2O2S/c1-20-13-15-23(16-14-20)27(31)30-26(19-24-11-6-18-33-24)28(32)29-17-5-10-22-9-4-8-21-7-2-3-12-25(21)22/h2-4,6-9,11-16,18-19H,5,10,17H2,1H3,(H,29,32)(H,30,31)/b26-19-. The van der Waals surface area contributed by atoms with Gasteiger partial charge in [0.15, 0.2) is 0 Å². The highest BCUT2D eigenvalue weighted by atomic mass is 32.1. The molecule has 1 heterocycles. The van der Waals surface area contributed by atoms with Gasteiger partial charge in [-0.25, -0.2) is 0 Å². The Labute approximate surface area is 198 Å². The van der Waals surface area contributed by atoms with Gasteiger partial charge in [-0.05, 0) is 65.8 Å². The number of aryl methyl sites for hydroxylation is 2. The zero-order chi connectivity index (χ0) is 23.0. The van der Waals surface area contributed by atoms with Crippen molar-refractivity contribution in [1.82, 2.24) is 10.6 Å². The number of benzene rings is 3. The number of hydrogen-bond donors (Lipinski definition) is 2. The summed E-state index contributed by atoms with van der Waals surface area (Å²) >= 11 is 1.51. The molecule has 0 aliphatic rings. The first-order chi connectivity index (χ1) is 16.1. The van der Waals surface area contributed by atoms with Crippen molar-refractivity contribution >= 4 is 40.0 Å². The van der Waals surface area contributed by atoms with E-state index in [0.29, 0.717) is 12.1 Å². The van der Waals surface area contributed by atoms with Crippen molar-refractivity contribution in [2.24, 2.45) is 0 Å². The zero-order valence-corrected chi connectivity index (χ0v) is 19.3. The third-order valence-corrected chi connectivity index (χ3v) is 6.24. The second kappa shape index (κ2) is 10.7. The Morgan fingerprint density at radius 2 is 1.70 bits per heavy atom. The second-order valence-electron chi connectivity index (χ2n) is 7.89. The fourth-order valence-corrected chi connectivity index (χ4v) is 4.32. The van der Waals surface area contributed by atoms with Crippen molar-refractivity contribution < 1.29 is 9.59 Å². The Morgan fingerprint density at radius 3 is 2.48 bits per heavy atom. The predicted molar refractivity (Wildman–Crippen MR) is 136 cm³/mol. The van der Waals surface area contributed by atoms with Crippen LogP contribution in [0.5, 0.6) is 0 Å². The van der Waals surface area contributed by atoms with Crippen LogP contribution in [-0.2, 0) is 11.2 Å². The Balaban J connectivity index is 1.40. The first-order valence-electron chi connectivity index (χ1n) is 11.0. The Morgan fingerprint density at radius 1 is 0.909 bits per heavy atom. The van der Waals surface area contributed by atoms with Crippen molar-refractivity contribution in [3.63, 3.8) is 0 Å². The number of carbonyl (C=O) groups excluding carboxylic acids is 2. The Kier molecular flexibility index (Phi) is 7.33. The van der Waals surface area contributed by atoms with Crippen LogP contribution in [-0.4, -0.2) is 18.4 Å². The monoisotopic (exact) mass is 454 g/mol. The van der Waals surface area contributed by atoms with E-state index in [2.05, 4.69) is 41.0 Å². The molecule has 4 aromatic rings. The van der Waals surface area contributed by atoms with E-state index in [1.54, 1.807) is 18.2 Å². The first-order valence-corrected chi connectivity index (χ1v) is 11.9. The van der Waals surface area contributed by atoms with Crippen LogP contribution < -0.4 is 10.6 Å². The van der Waals surface area contributed by atoms with E-state index >= 15 is 0 Å². The summed E-state index contributed by atoms with van der Waals surface area (Å²) in [6.45, 7) is 2.49. The molecule has 4 rings (SSSR count). The molecule has 166 valence electrons. The SMILES string of the molecule is Cc1ccc(C(=O)N/C(=C\c2cccs2)C(=O)NCCCc2cccc3ccccc23)cc1. The number of hydrogen-bond acceptors (Lipinski definition) is 3. The normalized spacial score (nSPS) is 11.4. The predicted octanol–water partition coefficient (Wildman–Crippen LogP) is 5.73. The number of rotatable bonds is 8. The zero-order valence-electron chi connectivity index (χ0n) is 18.5. The third-order valence-electron chi connectivity index (χ3n) is 5.42. The van der Waals surface area contributed by atoms with Crippen LogP contribution in [0.15, 0.2) is 89.9 Å². The summed E-state index contributed by atoms with van der Waals surface area (Å²) < 4.78 is 0. The van der Waals surface area contributed by atoms with Crippen LogP contribution in [0.3, 0.4) is 0 Å². The fraction of sp³-hybridized carbons (Fsp3) is 0.143. The van der Waals surface area contributed by atoms with E-state index in [4.69, 9.17) is 0 Å². The highest BCUT2D eigenvalue weighted by Crippen LogP contribution is 2.19. The minimum Gasteiger partial charge on any atom is -0.351 e. The fourth-order valence-electron chi connectivity index (χ4n) is 3.66. The molecule has 0 saturated carbocycles. The first kappa shape index (κ1) is 22.5. The lowest BCUT2D eigenvalue weighted by Crippen LogP contribution is -2.35. The number of thiophene rings is 1. The van der Waals surface area contributed by atoms with Gasteiger partial charge in [0.25, 0.3) is 11.8 Å². The minimum atomic E-state index is -0.302. The lowest BCUT2D eigenvalue weighted by Gasteiger charge is -2.12. The summed E-state index contributed by atoms with van der Waals surface area (Å²) in [5.74, 6) is -0.592. The molecule has 5 heteroatoms. The Hall–Kier alpha value is -3.70. The van der Waals surface area contributed by atoms with Crippen molar-refractivity contribution in [1.29, 1.82) is 0 Å². The molecule has 2 N–H and O–H groups in total. The highest BCUT2D eigenvalue weighted by Gasteiger charge is 2.15. The summed E-state index contributed by atoms with van der Waals surface area (Å²) in [5.41, 5.74) is 3.10. The van der Waals surface area contributed by atoms with E-state index in [1.807, 2.05) is 48.7 Å². The van der Waals surface area contributed by atoms with Gasteiger partial charge in [-0.2, -0.15) is 0 Å². The molecule has 0 radical (unpaired) electrons. The molecule has 33 heavy (non-hydrogen) atoms. The third kappa shape index (κ3) is 5.96. The lowest BCUT2D eigenvalue weighted by atomic mass is 10.0. The molecule has 0 atom stereocenters. The molecule has 0 aliphatic heterocycles. The van der Waals surface area contributed by atoms with Crippen LogP contribution in [0.25, 0.3) is 16.8 Å². The van der Waals surface area contributed by atoms with E-state index in [1.165, 1.54) is 27.7 Å². The average molecular weight is 455 g/mol. The van der Waals surface area contributed by atoms with Gasteiger partial charge < -0.3 is 10.6 Å². The minimum absolute atomic E-state index is 0.244. The number of amides is 2. The second-order valence-corrected chi connectivity index (χ2v) is 8.87. The summed E-state index contributed by atoms with van der Waals surface area (Å²) in [7, 11) is 0. The van der Waals surface area contributed by atoms with Gasteiger partial charge >= 0.3 is 0 Å². The summed E-state index contributed by atoms with van der Waals surface area (Å²) in [5, 5.41) is 10.2. The van der Waals surface area contributed by atoms with Crippen molar-refractivity contribution in [3.8, 4) is 0 Å². The van der Waals surface area contributed by atoms with Crippen LogP contribution in [0.2, 0.25) is 0 Å². The summed E-state index contributed by atoms with van der Waals surface area (Å²) in [4.78, 5) is 26.5. The number of carbonyl (C=O) groups is 2. The maximum absolute atomic E-state index is 12.9. The molecule has 2 amide bonds. The molecule has 0 spiro atoms. The van der Waals surface area contributed by atoms with Crippen molar-refractivity contribution in [2.45, 2.75) is 19.8 Å². The molecular formula is C28H26N2O2S. The quantitative estimate of drug-likeness (QED) is 0.264. The largest absolute Gasteiger partial charge is 0.351 e. The van der Waals surface area contributed by atoms with E-state index in [0.717, 1.165) is 23.3 Å². The molecule has 0 unspecified atom stereocenters. The Bertz CT molecular complexity index is 1270. The molecule has 0 bridgehead atoms. The average Bonchev–Trinajstić information content (AvgIpc) is 3.35. The number of fused-ring (bicyclic) bond motifs is 1. The maximum atomic E-state index is 12.9. The van der Waals surface area contributed by atoms with E-state index in [-0.39, 0.29) is 17.5 Å². The van der Waals surface area contributed by atoms with Crippen LogP contribution >= 0.6 is 11.3 Å². The van der Waals surface area contributed by atoms with Crippen molar-refractivity contribution in [2.75, 3.05) is 6.54 Å². The van der Waals surface area contributed by atoms with Gasteiger partial charge in [-0.3, -0.25) is 9.59 Å². The van der Waals surface area contributed by atoms with E-state index in [9.17, 15) is 9.59 Å². The van der Waals surface area contributed by atoms with E-state index < -0.39 is 0 Å². The summed E-state index contributed by atoms with van der Waals surface area (Å²) in [6, 6.07) is 25.7. The van der Waals surface area contributed by atoms with Gasteiger partial charge in [-0.1, -0.05) is 66.2 Å². The van der Waals surface area contributed by atoms with Crippen LogP contribution in [0.1, 0.15) is 32.8 Å². The maximum Gasteiger partial charge on any atom is 0.267 e. The van der Waals surface area contributed by atoms with Gasteiger partial charge in [0.05, 0.1) is 0 Å². The molecule has 0 saturated heterocycles. The van der Waals surface area contributed by atoms with Gasteiger partial charge in [0, 0.05) is 17.0 Å². The lowest BCUT2D eigenvalue weighted by molar-refractivity contribution is -0.117. The highest BCUT2D eigenvalue weighted by molar-refractivity contribution is 7.10. The van der Waals surface area contributed by atoms with Gasteiger partial charge in [0.1, 0.15) is 5.70 Å². The smallest absolute Gasteiger partial charge is 0.267 e. The molecular weight excluding hydrogens is 428 g/mol. The molecule has 1 aromatic heterocycles. The topological polar surface area (TPSA) is 58.2 Å². The van der Waals surface area contributed by atoms with Crippen LogP contribution in [0.4, 0.5) is 0 Å². The van der Waals surface area contributed by atoms with Gasteiger partial charge in [-0.15, -0.1) is 11.3 Å².